The van der Waals surface area contributed by atoms with Crippen molar-refractivity contribution in [1.29, 1.82) is 0 Å². The molecule has 1 aliphatic carbocycles. The molecule has 436 valence electrons. The van der Waals surface area contributed by atoms with Crippen LogP contribution in [0.15, 0.2) is 60.9 Å². The van der Waals surface area contributed by atoms with Gasteiger partial charge >= 0.3 is 0 Å². The zero-order valence-electron chi connectivity index (χ0n) is 45.4. The molecule has 0 bridgehead atoms. The zero-order valence-corrected chi connectivity index (χ0v) is 47.0. The van der Waals surface area contributed by atoms with Crippen molar-refractivity contribution in [2.75, 3.05) is 18.8 Å². The van der Waals surface area contributed by atoms with Gasteiger partial charge in [0.2, 0.25) is 65.0 Å². The van der Waals surface area contributed by atoms with E-state index in [9.17, 15) is 47.9 Å². The van der Waals surface area contributed by atoms with Gasteiger partial charge in [0.25, 0.3) is 0 Å². The number of carbonyl (C=O) groups excluding carboxylic acids is 11. The molecule has 11 amide bonds. The first-order valence-electron chi connectivity index (χ1n) is 27.4. The van der Waals surface area contributed by atoms with Crippen LogP contribution in [0.4, 0.5) is 0 Å². The molecular weight excluding hydrogens is 1080 g/mol. The van der Waals surface area contributed by atoms with Crippen molar-refractivity contribution in [2.24, 2.45) is 23.1 Å². The molecule has 7 rings (SSSR count). The van der Waals surface area contributed by atoms with Crippen molar-refractivity contribution >= 4 is 108 Å². The molecule has 2 aromatic heterocycles. The van der Waals surface area contributed by atoms with E-state index in [1.807, 2.05) is 48.5 Å². The van der Waals surface area contributed by atoms with E-state index in [0.29, 0.717) is 31.2 Å². The summed E-state index contributed by atoms with van der Waals surface area (Å²) < 4.78 is -0.722. The van der Waals surface area contributed by atoms with Crippen LogP contribution in [0.25, 0.3) is 21.8 Å². The highest BCUT2D eigenvalue weighted by atomic mass is 33.1. The average molecular weight is 1160 g/mol. The largest absolute Gasteiger partial charge is 0.370 e. The molecule has 3 aliphatic rings. The highest BCUT2D eigenvalue weighted by Crippen LogP contribution is 2.48. The molecule has 81 heavy (non-hydrogen) atoms. The molecule has 1 spiro atoms. The minimum absolute atomic E-state index is 0.0102. The summed E-state index contributed by atoms with van der Waals surface area (Å²) in [6.45, 7) is 3.07. The van der Waals surface area contributed by atoms with E-state index >= 15 is 4.79 Å². The molecule has 2 saturated heterocycles. The number of nitrogens with zero attached hydrogens (tertiary/aromatic N) is 1. The maximum atomic E-state index is 15.1. The summed E-state index contributed by atoms with van der Waals surface area (Å²) in [4.78, 5) is 160. The van der Waals surface area contributed by atoms with Crippen LogP contribution in [-0.4, -0.2) is 146 Å². The summed E-state index contributed by atoms with van der Waals surface area (Å²) >= 11 is 0. The minimum Gasteiger partial charge on any atom is -0.370 e. The summed E-state index contributed by atoms with van der Waals surface area (Å²) in [7, 11) is 2.57. The number of para-hydroxylation sites is 2. The Bertz CT molecular complexity index is 3000. The molecule has 1 unspecified atom stereocenters. The second kappa shape index (κ2) is 28.2. The van der Waals surface area contributed by atoms with Crippen LogP contribution in [-0.2, 0) is 65.6 Å². The van der Waals surface area contributed by atoms with Gasteiger partial charge in [-0.15, -0.1) is 0 Å². The number of hydrogen-bond donors (Lipinski definition) is 12. The van der Waals surface area contributed by atoms with Crippen LogP contribution in [0.1, 0.15) is 102 Å². The van der Waals surface area contributed by atoms with Crippen molar-refractivity contribution < 1.29 is 52.7 Å². The van der Waals surface area contributed by atoms with E-state index < -0.39 is 137 Å². The Morgan fingerprint density at radius 3 is 2.01 bits per heavy atom. The fraction of sp³-hybridized carbons (Fsp3) is 0.509. The third kappa shape index (κ3) is 16.3. The van der Waals surface area contributed by atoms with Crippen LogP contribution < -0.4 is 54.4 Å². The molecule has 0 radical (unpaired) electrons. The van der Waals surface area contributed by atoms with Gasteiger partial charge in [-0.05, 0) is 61.3 Å². The van der Waals surface area contributed by atoms with Crippen LogP contribution in [0.3, 0.4) is 0 Å². The highest BCUT2D eigenvalue weighted by Gasteiger charge is 2.43. The number of primary amides is 3. The van der Waals surface area contributed by atoms with Crippen molar-refractivity contribution in [3.8, 4) is 0 Å². The Balaban J connectivity index is 1.22. The predicted molar refractivity (Wildman–Crippen MR) is 305 cm³/mol. The number of nitrogens with one attached hydrogen (secondary N) is 9. The Morgan fingerprint density at radius 2 is 1.36 bits per heavy atom. The van der Waals surface area contributed by atoms with Crippen molar-refractivity contribution in [1.82, 2.24) is 52.1 Å². The minimum atomic E-state index is -1.74. The molecule has 24 nitrogen and oxygen atoms in total. The quantitative estimate of drug-likeness (QED) is 0.0646. The first-order valence-corrected chi connectivity index (χ1v) is 29.7. The summed E-state index contributed by atoms with van der Waals surface area (Å²) in [5, 5.41) is 20.5. The smallest absolute Gasteiger partial charge is 0.246 e. The summed E-state index contributed by atoms with van der Waals surface area (Å²) in [6, 6.07) is 5.21. The fourth-order valence-electron chi connectivity index (χ4n) is 10.7. The van der Waals surface area contributed by atoms with Crippen LogP contribution in [0, 0.1) is 5.92 Å². The van der Waals surface area contributed by atoms with Gasteiger partial charge in [0.05, 0.1) is 13.0 Å². The normalized spacial score (nSPS) is 23.2. The van der Waals surface area contributed by atoms with Crippen molar-refractivity contribution in [3.63, 3.8) is 0 Å². The van der Waals surface area contributed by atoms with Crippen LogP contribution in [0.5, 0.6) is 0 Å². The molecule has 3 fully saturated rings. The summed E-state index contributed by atoms with van der Waals surface area (Å²) in [5.41, 5.74) is 19.5. The number of nitrogens with two attached hydrogens (primary N) is 3. The summed E-state index contributed by atoms with van der Waals surface area (Å²) in [5.74, 6) is -9.45. The first-order chi connectivity index (χ1) is 38.7. The number of fused-ring (bicyclic) bond motifs is 2. The standard InChI is InChI=1S/C55H73N13O11S2/c1-3-30(2)47-53(78)63-37(17-18-43(56)69)49(74)64-40(24-44(57)70)50(75)66-41(29-80-81-55(19-9-4-10-20-55)25-46(72)62-39(51(76)67-47)23-32-27-60-36-15-8-6-13-34(32)36)54(79)68-21-11-16-42(68)52(77)65-38(48(73)61-28-45(58)71)22-31-26-59-35-14-7-5-12-33(31)35/h5-8,12-15,26-27,30,37-42,47,59-60H,3-4,9-11,16-25,28-29H2,1-2H3,(H2,56,69)(H2,57,70)(H2,58,71)(H,61,73)(H,62,72)(H,63,78)(H,64,74)(H,65,77)(H,66,75)(H,67,76)/t30-,37?,38-,39+,40-,41-,42-,47-/m0/s1. The molecule has 4 aromatic rings. The molecule has 8 atom stereocenters. The van der Waals surface area contributed by atoms with Gasteiger partial charge < -0.3 is 69.3 Å². The van der Waals surface area contributed by atoms with Crippen LogP contribution in [0.2, 0.25) is 0 Å². The van der Waals surface area contributed by atoms with Gasteiger partial charge in [-0.1, -0.05) is 97.5 Å². The lowest BCUT2D eigenvalue weighted by molar-refractivity contribution is -0.142. The number of rotatable bonds is 17. The number of hydrogen-bond acceptors (Lipinski definition) is 13. The van der Waals surface area contributed by atoms with Gasteiger partial charge in [0.15, 0.2) is 0 Å². The second-order valence-electron chi connectivity index (χ2n) is 21.2. The second-order valence-corrected chi connectivity index (χ2v) is 24.0. The van der Waals surface area contributed by atoms with Gasteiger partial charge in [-0.2, -0.15) is 0 Å². The monoisotopic (exact) mass is 1160 g/mol. The van der Waals surface area contributed by atoms with Gasteiger partial charge in [-0.3, -0.25) is 52.7 Å². The Hall–Kier alpha value is -7.61. The number of benzene rings is 2. The molecule has 15 N–H and O–H groups in total. The van der Waals surface area contributed by atoms with Crippen LogP contribution >= 0.6 is 21.6 Å². The number of likely N-dealkylation sites (tertiary alicyclic amines) is 1. The zero-order chi connectivity index (χ0) is 58.4. The number of aromatic nitrogens is 2. The third-order valence-corrected chi connectivity index (χ3v) is 18.6. The lowest BCUT2D eigenvalue weighted by Crippen LogP contribution is -2.61. The topological polar surface area (TPSA) is 385 Å². The van der Waals surface area contributed by atoms with E-state index in [0.717, 1.165) is 46.6 Å². The Morgan fingerprint density at radius 1 is 0.728 bits per heavy atom. The Kier molecular flexibility index (Phi) is 21.2. The number of H-pyrrole nitrogens is 2. The highest BCUT2D eigenvalue weighted by molar-refractivity contribution is 8.77. The predicted octanol–water partition coefficient (Wildman–Crippen LogP) is 0.611. The van der Waals surface area contributed by atoms with Gasteiger partial charge in [-0.25, -0.2) is 0 Å². The fourth-order valence-corrected chi connectivity index (χ4v) is 14.0. The molecule has 4 heterocycles. The van der Waals surface area contributed by atoms with E-state index in [2.05, 4.69) is 47.2 Å². The molecule has 26 heteroatoms. The lowest BCUT2D eigenvalue weighted by atomic mass is 9.85. The first kappa shape index (κ1) is 61.0. The number of aromatic amines is 2. The van der Waals surface area contributed by atoms with Gasteiger partial charge in [0, 0.05) is 76.9 Å². The van der Waals surface area contributed by atoms with E-state index in [-0.39, 0.29) is 44.4 Å². The molecular formula is C55H73N13O11S2. The SMILES string of the molecule is CC[C@H](C)[C@@H]1NC(=O)[C@@H](Cc2c[nH]c3ccccc23)NC(=O)CC2(CCCCC2)SSC[C@@H](C(=O)N2CCC[C@H]2C(=O)N[C@@H](Cc2c[nH]c3ccccc23)C(=O)NCC(N)=O)NC(=O)[C@H](CC(N)=O)NC(=O)C(CCC(N)=O)NC1=O. The van der Waals surface area contributed by atoms with E-state index in [1.165, 1.54) is 26.5 Å². The number of amides is 11. The average Bonchev–Trinajstić information content (AvgIpc) is 4.40. The summed E-state index contributed by atoms with van der Waals surface area (Å²) in [6.07, 6.45) is 6.38. The molecule has 2 aliphatic heterocycles. The van der Waals surface area contributed by atoms with Crippen molar-refractivity contribution in [3.05, 3.63) is 72.1 Å². The number of carbonyl (C=O) groups is 11. The lowest BCUT2D eigenvalue weighted by Gasteiger charge is -2.37. The maximum absolute atomic E-state index is 15.1. The van der Waals surface area contributed by atoms with E-state index in [1.54, 1.807) is 26.2 Å². The Labute approximate surface area is 476 Å². The maximum Gasteiger partial charge on any atom is 0.246 e. The van der Waals surface area contributed by atoms with Crippen molar-refractivity contribution in [2.45, 2.75) is 151 Å². The van der Waals surface area contributed by atoms with E-state index in [4.69, 9.17) is 17.2 Å². The molecule has 1 saturated carbocycles. The molecule has 2 aromatic carbocycles. The third-order valence-electron chi connectivity index (χ3n) is 15.2. The van der Waals surface area contributed by atoms with Gasteiger partial charge in [0.1, 0.15) is 42.3 Å².